The highest BCUT2D eigenvalue weighted by atomic mass is 32.1. The van der Waals surface area contributed by atoms with Crippen molar-refractivity contribution < 1.29 is 4.79 Å². The number of thiazole rings is 1. The van der Waals surface area contributed by atoms with E-state index in [1.54, 1.807) is 17.4 Å². The van der Waals surface area contributed by atoms with Crippen LogP contribution >= 0.6 is 11.3 Å². The van der Waals surface area contributed by atoms with Crippen LogP contribution in [-0.4, -0.2) is 10.9 Å². The predicted octanol–water partition coefficient (Wildman–Crippen LogP) is 4.22. The topological polar surface area (TPSA) is 56.0 Å². The normalized spacial score (nSPS) is 11.1. The van der Waals surface area contributed by atoms with Gasteiger partial charge in [0.15, 0.2) is 0 Å². The summed E-state index contributed by atoms with van der Waals surface area (Å²) in [6.07, 6.45) is 0. The van der Waals surface area contributed by atoms with Gasteiger partial charge in [0.1, 0.15) is 5.01 Å². The van der Waals surface area contributed by atoms with E-state index in [1.165, 1.54) is 0 Å². The number of nitrogens with two attached hydrogens (primary N) is 1. The monoisotopic (exact) mass is 304 g/mol. The van der Waals surface area contributed by atoms with Crippen LogP contribution in [0.25, 0.3) is 31.6 Å². The number of amides is 1. The molecule has 0 bridgehead atoms. The molecule has 0 aliphatic carbocycles. The molecule has 0 aliphatic rings. The minimum absolute atomic E-state index is 0.431. The molecule has 0 unspecified atom stereocenters. The first kappa shape index (κ1) is 13.0. The van der Waals surface area contributed by atoms with E-state index in [-0.39, 0.29) is 0 Å². The van der Waals surface area contributed by atoms with Gasteiger partial charge in [-0.05, 0) is 29.0 Å². The van der Waals surface area contributed by atoms with Crippen LogP contribution in [0.1, 0.15) is 10.4 Å². The van der Waals surface area contributed by atoms with Gasteiger partial charge in [-0.3, -0.25) is 4.79 Å². The van der Waals surface area contributed by atoms with E-state index in [2.05, 4.69) is 4.98 Å². The molecule has 0 radical (unpaired) electrons. The molecule has 0 fully saturated rings. The summed E-state index contributed by atoms with van der Waals surface area (Å²) in [5.41, 5.74) is 7.85. The molecule has 0 saturated carbocycles. The summed E-state index contributed by atoms with van der Waals surface area (Å²) in [7, 11) is 0. The summed E-state index contributed by atoms with van der Waals surface area (Å²) < 4.78 is 1.10. The van der Waals surface area contributed by atoms with Crippen molar-refractivity contribution in [2.75, 3.05) is 0 Å². The van der Waals surface area contributed by atoms with Crippen LogP contribution in [0.3, 0.4) is 0 Å². The van der Waals surface area contributed by atoms with Crippen LogP contribution in [0, 0.1) is 0 Å². The van der Waals surface area contributed by atoms with Gasteiger partial charge in [-0.15, -0.1) is 11.3 Å². The largest absolute Gasteiger partial charge is 0.366 e. The number of carbonyl (C=O) groups is 1. The second-order valence-electron chi connectivity index (χ2n) is 5.06. The molecule has 1 amide bonds. The van der Waals surface area contributed by atoms with Gasteiger partial charge in [-0.25, -0.2) is 4.98 Å². The molecule has 0 atom stereocenters. The van der Waals surface area contributed by atoms with Crippen molar-refractivity contribution in [3.05, 3.63) is 66.2 Å². The molecule has 0 saturated heterocycles. The number of para-hydroxylation sites is 1. The van der Waals surface area contributed by atoms with Crippen LogP contribution < -0.4 is 5.73 Å². The van der Waals surface area contributed by atoms with Crippen molar-refractivity contribution in [2.24, 2.45) is 5.73 Å². The molecule has 4 aromatic rings. The highest BCUT2D eigenvalue weighted by Crippen LogP contribution is 2.36. The number of fused-ring (bicyclic) bond motifs is 2. The zero-order valence-electron chi connectivity index (χ0n) is 11.6. The molecule has 0 aliphatic heterocycles. The first-order valence-corrected chi connectivity index (χ1v) is 7.73. The van der Waals surface area contributed by atoms with Crippen molar-refractivity contribution in [3.8, 4) is 10.6 Å². The Morgan fingerprint density at radius 1 is 0.955 bits per heavy atom. The molecular formula is C18H12N2OS. The number of primary amides is 1. The third-order valence-corrected chi connectivity index (χ3v) is 4.76. The minimum atomic E-state index is -0.431. The van der Waals surface area contributed by atoms with Gasteiger partial charge >= 0.3 is 0 Å². The van der Waals surface area contributed by atoms with E-state index >= 15 is 0 Å². The number of hydrogen-bond donors (Lipinski definition) is 1. The fraction of sp³-hybridized carbons (Fsp3) is 0. The summed E-state index contributed by atoms with van der Waals surface area (Å²) in [6, 6.07) is 19.6. The molecule has 2 N–H and O–H groups in total. The van der Waals surface area contributed by atoms with Gasteiger partial charge < -0.3 is 5.73 Å². The average molecular weight is 304 g/mol. The number of aromatic nitrogens is 1. The molecule has 1 aromatic heterocycles. The third-order valence-electron chi connectivity index (χ3n) is 3.70. The van der Waals surface area contributed by atoms with Gasteiger partial charge in [0.2, 0.25) is 5.91 Å². The first-order valence-electron chi connectivity index (χ1n) is 6.91. The second-order valence-corrected chi connectivity index (χ2v) is 6.09. The van der Waals surface area contributed by atoms with E-state index in [1.807, 2.05) is 54.6 Å². The van der Waals surface area contributed by atoms with Crippen LogP contribution in [0.4, 0.5) is 0 Å². The number of carbonyl (C=O) groups excluding carboxylic acids is 1. The van der Waals surface area contributed by atoms with Crippen molar-refractivity contribution in [3.63, 3.8) is 0 Å². The Hall–Kier alpha value is -2.72. The van der Waals surface area contributed by atoms with Gasteiger partial charge in [0.25, 0.3) is 0 Å². The number of rotatable bonds is 2. The van der Waals surface area contributed by atoms with Crippen LogP contribution in [0.2, 0.25) is 0 Å². The van der Waals surface area contributed by atoms with E-state index < -0.39 is 5.91 Å². The van der Waals surface area contributed by atoms with E-state index in [0.717, 1.165) is 31.6 Å². The Morgan fingerprint density at radius 3 is 2.55 bits per heavy atom. The lowest BCUT2D eigenvalue weighted by Crippen LogP contribution is -2.12. The zero-order chi connectivity index (χ0) is 15.1. The minimum Gasteiger partial charge on any atom is -0.366 e. The van der Waals surface area contributed by atoms with Crippen molar-refractivity contribution >= 4 is 38.2 Å². The Kier molecular flexibility index (Phi) is 2.91. The smallest absolute Gasteiger partial charge is 0.249 e. The maximum Gasteiger partial charge on any atom is 0.249 e. The van der Waals surface area contributed by atoms with E-state index in [4.69, 9.17) is 5.73 Å². The third kappa shape index (κ3) is 1.96. The van der Waals surface area contributed by atoms with Crippen LogP contribution in [-0.2, 0) is 0 Å². The molecule has 106 valence electrons. The molecule has 4 rings (SSSR count). The summed E-state index contributed by atoms with van der Waals surface area (Å²) in [4.78, 5) is 16.5. The highest BCUT2D eigenvalue weighted by Gasteiger charge is 2.17. The molecular weight excluding hydrogens is 292 g/mol. The Balaban J connectivity index is 2.11. The van der Waals surface area contributed by atoms with Gasteiger partial charge in [-0.2, -0.15) is 0 Å². The fourth-order valence-corrected chi connectivity index (χ4v) is 3.73. The lowest BCUT2D eigenvalue weighted by Gasteiger charge is -2.08. The second kappa shape index (κ2) is 4.93. The molecule has 22 heavy (non-hydrogen) atoms. The zero-order valence-corrected chi connectivity index (χ0v) is 12.4. The SMILES string of the molecule is NC(=O)c1ccc2ccccc2c1-c1nc2ccccc2s1. The highest BCUT2D eigenvalue weighted by molar-refractivity contribution is 7.21. The van der Waals surface area contributed by atoms with Gasteiger partial charge in [0.05, 0.1) is 10.2 Å². The lowest BCUT2D eigenvalue weighted by atomic mass is 9.99. The Morgan fingerprint density at radius 2 is 1.73 bits per heavy atom. The summed E-state index contributed by atoms with van der Waals surface area (Å²) in [6.45, 7) is 0. The van der Waals surface area contributed by atoms with Crippen molar-refractivity contribution in [2.45, 2.75) is 0 Å². The van der Waals surface area contributed by atoms with E-state index in [9.17, 15) is 4.79 Å². The summed E-state index contributed by atoms with van der Waals surface area (Å²) in [5.74, 6) is -0.431. The van der Waals surface area contributed by atoms with Crippen LogP contribution in [0.15, 0.2) is 60.7 Å². The maximum absolute atomic E-state index is 11.9. The standard InChI is InChI=1S/C18H12N2OS/c19-17(21)13-10-9-11-5-1-2-6-12(11)16(13)18-20-14-7-3-4-8-15(14)22-18/h1-10H,(H2,19,21). The average Bonchev–Trinajstić information content (AvgIpc) is 2.97. The maximum atomic E-state index is 11.9. The predicted molar refractivity (Wildman–Crippen MR) is 91.1 cm³/mol. The first-order chi connectivity index (χ1) is 10.7. The quantitative estimate of drug-likeness (QED) is 0.603. The van der Waals surface area contributed by atoms with Gasteiger partial charge in [0, 0.05) is 11.1 Å². The molecule has 0 spiro atoms. The number of hydrogen-bond acceptors (Lipinski definition) is 3. The van der Waals surface area contributed by atoms with Crippen LogP contribution in [0.5, 0.6) is 0 Å². The van der Waals surface area contributed by atoms with Crippen molar-refractivity contribution in [1.29, 1.82) is 0 Å². The van der Waals surface area contributed by atoms with E-state index in [0.29, 0.717) is 5.56 Å². The number of benzene rings is 3. The van der Waals surface area contributed by atoms with Gasteiger partial charge in [-0.1, -0.05) is 42.5 Å². The summed E-state index contributed by atoms with van der Waals surface area (Å²) in [5, 5.41) is 2.89. The Labute approximate surface area is 131 Å². The lowest BCUT2D eigenvalue weighted by molar-refractivity contribution is 0.100. The molecule has 1 heterocycles. The molecule has 3 nitrogen and oxygen atoms in total. The Bertz CT molecular complexity index is 987. The fourth-order valence-electron chi connectivity index (χ4n) is 2.69. The number of nitrogens with zero attached hydrogens (tertiary/aromatic N) is 1. The summed E-state index contributed by atoms with van der Waals surface area (Å²) >= 11 is 1.58. The molecule has 3 aromatic carbocycles. The molecule has 4 heteroatoms. The van der Waals surface area contributed by atoms with Crippen molar-refractivity contribution in [1.82, 2.24) is 4.98 Å².